The summed E-state index contributed by atoms with van der Waals surface area (Å²) in [5, 5.41) is 9.12. The zero-order valence-electron chi connectivity index (χ0n) is 9.35. The van der Waals surface area contributed by atoms with Crippen LogP contribution in [0.2, 0.25) is 0 Å². The maximum atomic E-state index is 12.6. The minimum Gasteiger partial charge on any atom is -0.245 e. The molecule has 0 saturated heterocycles. The molecular formula is C12H6F3N3S. The topological polar surface area (TPSA) is 49.6 Å². The van der Waals surface area contributed by atoms with Crippen LogP contribution in [-0.4, -0.2) is 9.97 Å². The Kier molecular flexibility index (Phi) is 3.71. The first-order valence-corrected chi connectivity index (χ1v) is 5.88. The van der Waals surface area contributed by atoms with Gasteiger partial charge in [-0.05, 0) is 18.2 Å². The van der Waals surface area contributed by atoms with Crippen LogP contribution in [0.1, 0.15) is 11.3 Å². The average molecular weight is 281 g/mol. The molecule has 0 N–H and O–H groups in total. The maximum Gasteiger partial charge on any atom is 0.416 e. The van der Waals surface area contributed by atoms with Gasteiger partial charge in [-0.3, -0.25) is 0 Å². The lowest BCUT2D eigenvalue weighted by Crippen LogP contribution is -2.04. The van der Waals surface area contributed by atoms with Gasteiger partial charge < -0.3 is 0 Å². The Balaban J connectivity index is 2.32. The summed E-state index contributed by atoms with van der Waals surface area (Å²) in [4.78, 5) is 8.08. The molecule has 0 bridgehead atoms. The summed E-state index contributed by atoms with van der Waals surface area (Å²) in [6.07, 6.45) is -1.65. The highest BCUT2D eigenvalue weighted by molar-refractivity contribution is 7.99. The predicted molar refractivity (Wildman–Crippen MR) is 62.3 cm³/mol. The highest BCUT2D eigenvalue weighted by Crippen LogP contribution is 2.34. The van der Waals surface area contributed by atoms with Crippen LogP contribution in [0.5, 0.6) is 0 Å². The van der Waals surface area contributed by atoms with Crippen molar-refractivity contribution in [1.29, 1.82) is 5.26 Å². The molecule has 1 aromatic carbocycles. The number of alkyl halides is 3. The minimum atomic E-state index is -4.39. The molecule has 3 nitrogen and oxygen atoms in total. The molecule has 0 aliphatic heterocycles. The van der Waals surface area contributed by atoms with Crippen molar-refractivity contribution in [1.82, 2.24) is 9.97 Å². The third-order valence-corrected chi connectivity index (χ3v) is 3.13. The van der Waals surface area contributed by atoms with Gasteiger partial charge in [-0.15, -0.1) is 0 Å². The van der Waals surface area contributed by atoms with Gasteiger partial charge in [-0.1, -0.05) is 17.8 Å². The van der Waals surface area contributed by atoms with Gasteiger partial charge >= 0.3 is 6.18 Å². The molecule has 19 heavy (non-hydrogen) atoms. The Labute approximate surface area is 111 Å². The van der Waals surface area contributed by atoms with Crippen molar-refractivity contribution < 1.29 is 13.2 Å². The normalized spacial score (nSPS) is 11.1. The smallest absolute Gasteiger partial charge is 0.245 e. The van der Waals surface area contributed by atoms with Gasteiger partial charge in [0, 0.05) is 17.3 Å². The van der Waals surface area contributed by atoms with Crippen LogP contribution < -0.4 is 0 Å². The van der Waals surface area contributed by atoms with Gasteiger partial charge in [0.15, 0.2) is 5.69 Å². The van der Waals surface area contributed by atoms with E-state index in [1.807, 2.05) is 6.07 Å². The lowest BCUT2D eigenvalue weighted by molar-refractivity contribution is -0.137. The van der Waals surface area contributed by atoms with Crippen molar-refractivity contribution >= 4 is 11.8 Å². The lowest BCUT2D eigenvalue weighted by Gasteiger charge is -2.08. The number of aromatic nitrogens is 2. The van der Waals surface area contributed by atoms with Gasteiger partial charge in [-0.2, -0.15) is 18.4 Å². The zero-order valence-corrected chi connectivity index (χ0v) is 10.2. The first-order chi connectivity index (χ1) is 9.00. The van der Waals surface area contributed by atoms with Crippen LogP contribution in [-0.2, 0) is 6.18 Å². The molecular weight excluding hydrogens is 275 g/mol. The lowest BCUT2D eigenvalue weighted by atomic mass is 10.2. The maximum absolute atomic E-state index is 12.6. The monoisotopic (exact) mass is 281 g/mol. The number of hydrogen-bond acceptors (Lipinski definition) is 4. The van der Waals surface area contributed by atoms with Crippen LogP contribution in [0.25, 0.3) is 0 Å². The molecule has 0 atom stereocenters. The van der Waals surface area contributed by atoms with E-state index >= 15 is 0 Å². The van der Waals surface area contributed by atoms with Crippen molar-refractivity contribution in [2.45, 2.75) is 16.1 Å². The molecule has 96 valence electrons. The number of hydrogen-bond donors (Lipinski definition) is 0. The summed E-state index contributed by atoms with van der Waals surface area (Å²) in [5.41, 5.74) is -0.648. The van der Waals surface area contributed by atoms with Crippen molar-refractivity contribution in [2.75, 3.05) is 0 Å². The van der Waals surface area contributed by atoms with E-state index in [1.165, 1.54) is 24.5 Å². The zero-order chi connectivity index (χ0) is 13.9. The molecule has 0 aliphatic rings. The van der Waals surface area contributed by atoms with Crippen LogP contribution in [0.3, 0.4) is 0 Å². The molecule has 1 heterocycles. The Morgan fingerprint density at radius 3 is 2.58 bits per heavy atom. The first kappa shape index (κ1) is 13.4. The van der Waals surface area contributed by atoms with Crippen molar-refractivity contribution in [3.63, 3.8) is 0 Å². The molecule has 1 aromatic heterocycles. The molecule has 0 aliphatic carbocycles. The molecule has 7 heteroatoms. The quantitative estimate of drug-likeness (QED) is 0.845. The van der Waals surface area contributed by atoms with Crippen molar-refractivity contribution in [3.8, 4) is 6.07 Å². The molecule has 2 rings (SSSR count). The Hall–Kier alpha value is -2.07. The predicted octanol–water partition coefficient (Wildman–Crippen LogP) is 3.52. The largest absolute Gasteiger partial charge is 0.416 e. The molecule has 0 spiro atoms. The fourth-order valence-corrected chi connectivity index (χ4v) is 2.19. The van der Waals surface area contributed by atoms with E-state index in [-0.39, 0.29) is 10.7 Å². The minimum absolute atomic E-state index is 0.0879. The fraction of sp³-hybridized carbons (Fsp3) is 0.0833. The van der Waals surface area contributed by atoms with E-state index in [9.17, 15) is 13.2 Å². The van der Waals surface area contributed by atoms with E-state index in [4.69, 9.17) is 5.26 Å². The van der Waals surface area contributed by atoms with E-state index in [1.54, 1.807) is 0 Å². The number of nitriles is 1. The third kappa shape index (κ3) is 3.23. The SMILES string of the molecule is N#Cc1nccnc1Sc1cccc(C(F)(F)F)c1. The summed E-state index contributed by atoms with van der Waals surface area (Å²) in [6.45, 7) is 0. The second-order valence-electron chi connectivity index (χ2n) is 3.45. The van der Waals surface area contributed by atoms with Crippen molar-refractivity contribution in [2.24, 2.45) is 0 Å². The highest BCUT2D eigenvalue weighted by atomic mass is 32.2. The van der Waals surface area contributed by atoms with E-state index < -0.39 is 11.7 Å². The summed E-state index contributed by atoms with van der Waals surface area (Å²) in [7, 11) is 0. The molecule has 0 unspecified atom stereocenters. The molecule has 0 radical (unpaired) electrons. The third-order valence-electron chi connectivity index (χ3n) is 2.15. The summed E-state index contributed by atoms with van der Waals surface area (Å²) >= 11 is 0.973. The molecule has 0 amide bonds. The Bertz CT molecular complexity index is 635. The van der Waals surface area contributed by atoms with Crippen LogP contribution in [0.4, 0.5) is 13.2 Å². The van der Waals surface area contributed by atoms with Gasteiger partial charge in [0.2, 0.25) is 0 Å². The Morgan fingerprint density at radius 2 is 1.89 bits per heavy atom. The summed E-state index contributed by atoms with van der Waals surface area (Å²) < 4.78 is 37.7. The fourth-order valence-electron chi connectivity index (χ4n) is 1.32. The molecule has 0 saturated carbocycles. The number of nitrogens with zero attached hydrogens (tertiary/aromatic N) is 3. The van der Waals surface area contributed by atoms with Crippen LogP contribution in [0.15, 0.2) is 46.6 Å². The van der Waals surface area contributed by atoms with Gasteiger partial charge in [0.25, 0.3) is 0 Å². The number of rotatable bonds is 2. The van der Waals surface area contributed by atoms with Gasteiger partial charge in [0.1, 0.15) is 11.1 Å². The first-order valence-electron chi connectivity index (χ1n) is 5.07. The van der Waals surface area contributed by atoms with Gasteiger partial charge in [-0.25, -0.2) is 9.97 Å². The van der Waals surface area contributed by atoms with Crippen LogP contribution >= 0.6 is 11.8 Å². The van der Waals surface area contributed by atoms with Crippen LogP contribution in [0, 0.1) is 11.3 Å². The number of halogens is 3. The summed E-state index contributed by atoms with van der Waals surface area (Å²) in [6, 6.07) is 6.69. The number of benzene rings is 1. The van der Waals surface area contributed by atoms with E-state index in [0.717, 1.165) is 23.9 Å². The highest BCUT2D eigenvalue weighted by Gasteiger charge is 2.30. The molecule has 0 fully saturated rings. The van der Waals surface area contributed by atoms with Crippen molar-refractivity contribution in [3.05, 3.63) is 47.9 Å². The average Bonchev–Trinajstić information content (AvgIpc) is 2.39. The Morgan fingerprint density at radius 1 is 1.16 bits per heavy atom. The van der Waals surface area contributed by atoms with Gasteiger partial charge in [0.05, 0.1) is 5.56 Å². The second-order valence-corrected chi connectivity index (χ2v) is 4.51. The second kappa shape index (κ2) is 5.28. The van der Waals surface area contributed by atoms with E-state index in [2.05, 4.69) is 9.97 Å². The standard InChI is InChI=1S/C12H6F3N3S/c13-12(14,15)8-2-1-3-9(6-8)19-11-10(7-16)17-4-5-18-11/h1-6H. The molecule has 2 aromatic rings. The summed E-state index contributed by atoms with van der Waals surface area (Å²) in [5.74, 6) is 0. The van der Waals surface area contributed by atoms with E-state index in [0.29, 0.717) is 4.90 Å².